The predicted molar refractivity (Wildman–Crippen MR) is 59.3 cm³/mol. The fraction of sp³-hybridized carbons (Fsp3) is 0.455. The first-order valence-electron chi connectivity index (χ1n) is 4.78. The Bertz CT molecular complexity index is 338. The number of hydrogen-bond donors (Lipinski definition) is 0. The first-order chi connectivity index (χ1) is 7.45. The molecule has 1 aromatic carbocycles. The predicted octanol–water partition coefficient (Wildman–Crippen LogP) is 3.96. The Morgan fingerprint density at radius 3 is 2.44 bits per heavy atom. The largest absolute Gasteiger partial charge is 0.414 e. The smallest absolute Gasteiger partial charge is 0.372 e. The van der Waals surface area contributed by atoms with Crippen LogP contribution in [0.5, 0.6) is 0 Å². The molecule has 1 rings (SSSR count). The molecule has 90 valence electrons. The highest BCUT2D eigenvalue weighted by Crippen LogP contribution is 2.27. The van der Waals surface area contributed by atoms with Crippen LogP contribution in [-0.4, -0.2) is 19.4 Å². The summed E-state index contributed by atoms with van der Waals surface area (Å²) in [5.41, 5.74) is 0.855. The summed E-state index contributed by atoms with van der Waals surface area (Å²) in [6, 6.07) is 7.23. The fourth-order valence-electron chi connectivity index (χ4n) is 1.40. The van der Waals surface area contributed by atoms with Gasteiger partial charge in [0.25, 0.3) is 0 Å². The minimum absolute atomic E-state index is 0.0669. The molecule has 1 unspecified atom stereocenters. The second kappa shape index (κ2) is 5.68. The van der Waals surface area contributed by atoms with Crippen LogP contribution < -0.4 is 0 Å². The molecular formula is C11H12BrF3O. The number of aryl methyl sites for hydroxylation is 1. The number of methoxy groups -OCH3 is 1. The average Bonchev–Trinajstić information content (AvgIpc) is 2.19. The molecular weight excluding hydrogens is 285 g/mol. The van der Waals surface area contributed by atoms with E-state index in [0.717, 1.165) is 17.1 Å². The lowest BCUT2D eigenvalue weighted by atomic mass is 10.1. The van der Waals surface area contributed by atoms with Gasteiger partial charge in [-0.15, -0.1) is 0 Å². The molecule has 0 heterocycles. The zero-order valence-corrected chi connectivity index (χ0v) is 10.3. The molecule has 0 radical (unpaired) electrons. The van der Waals surface area contributed by atoms with Crippen LogP contribution in [0.2, 0.25) is 0 Å². The molecule has 0 fully saturated rings. The molecule has 16 heavy (non-hydrogen) atoms. The van der Waals surface area contributed by atoms with Crippen molar-refractivity contribution in [2.24, 2.45) is 0 Å². The van der Waals surface area contributed by atoms with Crippen LogP contribution in [0.1, 0.15) is 12.0 Å². The molecule has 0 aliphatic rings. The molecule has 0 aliphatic heterocycles. The Morgan fingerprint density at radius 2 is 1.94 bits per heavy atom. The van der Waals surface area contributed by atoms with Crippen LogP contribution in [0, 0.1) is 0 Å². The topological polar surface area (TPSA) is 9.23 Å². The van der Waals surface area contributed by atoms with Gasteiger partial charge in [-0.1, -0.05) is 34.1 Å². The second-order valence-electron chi connectivity index (χ2n) is 3.40. The molecule has 0 N–H and O–H groups in total. The molecule has 1 aromatic rings. The Labute approximate surface area is 101 Å². The van der Waals surface area contributed by atoms with Crippen LogP contribution in [0.15, 0.2) is 28.7 Å². The summed E-state index contributed by atoms with van der Waals surface area (Å²) in [7, 11) is 1.08. The summed E-state index contributed by atoms with van der Waals surface area (Å²) in [6.07, 6.45) is -5.72. The summed E-state index contributed by atoms with van der Waals surface area (Å²) in [6.45, 7) is 0. The van der Waals surface area contributed by atoms with Crippen LogP contribution in [0.25, 0.3) is 0 Å². The van der Waals surface area contributed by atoms with E-state index in [2.05, 4.69) is 20.7 Å². The van der Waals surface area contributed by atoms with Crippen molar-refractivity contribution in [2.75, 3.05) is 7.11 Å². The minimum atomic E-state index is -4.30. The quantitative estimate of drug-likeness (QED) is 0.817. The zero-order valence-electron chi connectivity index (χ0n) is 8.72. The SMILES string of the molecule is COC(CCc1ccccc1Br)C(F)(F)F. The number of rotatable bonds is 4. The zero-order chi connectivity index (χ0) is 12.2. The summed E-state index contributed by atoms with van der Waals surface area (Å²) >= 11 is 3.30. The molecule has 0 aromatic heterocycles. The van der Waals surface area contributed by atoms with Gasteiger partial charge in [0.05, 0.1) is 0 Å². The lowest BCUT2D eigenvalue weighted by Gasteiger charge is -2.18. The summed E-state index contributed by atoms with van der Waals surface area (Å²) < 4.78 is 42.4. The molecule has 0 bridgehead atoms. The van der Waals surface area contributed by atoms with Gasteiger partial charge in [0, 0.05) is 11.6 Å². The number of hydrogen-bond acceptors (Lipinski definition) is 1. The molecule has 1 atom stereocenters. The van der Waals surface area contributed by atoms with E-state index >= 15 is 0 Å². The van der Waals surface area contributed by atoms with Crippen molar-refractivity contribution in [3.63, 3.8) is 0 Å². The third-order valence-electron chi connectivity index (χ3n) is 2.28. The van der Waals surface area contributed by atoms with E-state index in [0.29, 0.717) is 6.42 Å². The van der Waals surface area contributed by atoms with Gasteiger partial charge in [0.15, 0.2) is 6.10 Å². The monoisotopic (exact) mass is 296 g/mol. The Balaban J connectivity index is 2.60. The summed E-state index contributed by atoms with van der Waals surface area (Å²) in [4.78, 5) is 0. The van der Waals surface area contributed by atoms with E-state index in [1.54, 1.807) is 12.1 Å². The molecule has 1 nitrogen and oxygen atoms in total. The molecule has 0 amide bonds. The highest BCUT2D eigenvalue weighted by Gasteiger charge is 2.39. The molecule has 0 spiro atoms. The molecule has 0 aliphatic carbocycles. The van der Waals surface area contributed by atoms with Gasteiger partial charge >= 0.3 is 6.18 Å². The van der Waals surface area contributed by atoms with Gasteiger partial charge < -0.3 is 4.74 Å². The van der Waals surface area contributed by atoms with E-state index in [-0.39, 0.29) is 6.42 Å². The normalized spacial score (nSPS) is 13.8. The van der Waals surface area contributed by atoms with Crippen molar-refractivity contribution in [2.45, 2.75) is 25.1 Å². The third kappa shape index (κ3) is 3.79. The van der Waals surface area contributed by atoms with E-state index in [9.17, 15) is 13.2 Å². The first-order valence-corrected chi connectivity index (χ1v) is 5.57. The third-order valence-corrected chi connectivity index (χ3v) is 3.06. The highest BCUT2D eigenvalue weighted by atomic mass is 79.9. The van der Waals surface area contributed by atoms with Crippen LogP contribution >= 0.6 is 15.9 Å². The van der Waals surface area contributed by atoms with Crippen molar-refractivity contribution in [1.29, 1.82) is 0 Å². The van der Waals surface area contributed by atoms with Gasteiger partial charge in [0.2, 0.25) is 0 Å². The van der Waals surface area contributed by atoms with E-state index in [1.165, 1.54) is 0 Å². The molecule has 5 heteroatoms. The number of halogens is 4. The van der Waals surface area contributed by atoms with Gasteiger partial charge in [0.1, 0.15) is 0 Å². The Kier molecular flexibility index (Phi) is 4.80. The van der Waals surface area contributed by atoms with Gasteiger partial charge in [-0.05, 0) is 24.5 Å². The average molecular weight is 297 g/mol. The Hall–Kier alpha value is -0.550. The second-order valence-corrected chi connectivity index (χ2v) is 4.25. The van der Waals surface area contributed by atoms with Crippen molar-refractivity contribution in [1.82, 2.24) is 0 Å². The van der Waals surface area contributed by atoms with Crippen LogP contribution in [-0.2, 0) is 11.2 Å². The van der Waals surface area contributed by atoms with Crippen molar-refractivity contribution in [3.05, 3.63) is 34.3 Å². The van der Waals surface area contributed by atoms with E-state index in [1.807, 2.05) is 12.1 Å². The molecule has 0 saturated carbocycles. The molecule has 0 saturated heterocycles. The van der Waals surface area contributed by atoms with Crippen molar-refractivity contribution < 1.29 is 17.9 Å². The maximum absolute atomic E-state index is 12.4. The van der Waals surface area contributed by atoms with E-state index in [4.69, 9.17) is 0 Å². The number of ether oxygens (including phenoxy) is 1. The van der Waals surface area contributed by atoms with Gasteiger partial charge in [-0.25, -0.2) is 0 Å². The maximum atomic E-state index is 12.4. The van der Waals surface area contributed by atoms with Gasteiger partial charge in [-0.2, -0.15) is 13.2 Å². The first kappa shape index (κ1) is 13.5. The maximum Gasteiger partial charge on any atom is 0.414 e. The van der Waals surface area contributed by atoms with Crippen molar-refractivity contribution in [3.8, 4) is 0 Å². The van der Waals surface area contributed by atoms with Gasteiger partial charge in [-0.3, -0.25) is 0 Å². The summed E-state index contributed by atoms with van der Waals surface area (Å²) in [5.74, 6) is 0. The van der Waals surface area contributed by atoms with Crippen LogP contribution in [0.4, 0.5) is 13.2 Å². The van der Waals surface area contributed by atoms with E-state index < -0.39 is 12.3 Å². The standard InChI is InChI=1S/C11H12BrF3O/c1-16-10(11(13,14)15)7-6-8-4-2-3-5-9(8)12/h2-5,10H,6-7H2,1H3. The Morgan fingerprint density at radius 1 is 1.31 bits per heavy atom. The number of benzene rings is 1. The summed E-state index contributed by atoms with van der Waals surface area (Å²) in [5, 5.41) is 0. The minimum Gasteiger partial charge on any atom is -0.372 e. The lowest BCUT2D eigenvalue weighted by molar-refractivity contribution is -0.214. The van der Waals surface area contributed by atoms with Crippen LogP contribution in [0.3, 0.4) is 0 Å². The lowest BCUT2D eigenvalue weighted by Crippen LogP contribution is -2.31. The highest BCUT2D eigenvalue weighted by molar-refractivity contribution is 9.10. The fourth-order valence-corrected chi connectivity index (χ4v) is 1.89. The number of alkyl halides is 3. The van der Waals surface area contributed by atoms with Crippen molar-refractivity contribution >= 4 is 15.9 Å².